The van der Waals surface area contributed by atoms with Crippen LogP contribution in [0.25, 0.3) is 0 Å². The lowest BCUT2D eigenvalue weighted by atomic mass is 9.93. The van der Waals surface area contributed by atoms with Gasteiger partial charge in [-0.1, -0.05) is 64.1 Å². The highest BCUT2D eigenvalue weighted by Gasteiger charge is 2.12. The summed E-state index contributed by atoms with van der Waals surface area (Å²) in [6.07, 6.45) is 5.74. The van der Waals surface area contributed by atoms with Crippen molar-refractivity contribution < 1.29 is 0 Å². The first-order valence-electron chi connectivity index (χ1n) is 9.97. The molecular weight excluding hydrogens is 328 g/mol. The minimum absolute atomic E-state index is 0.404. The second-order valence-corrected chi connectivity index (χ2v) is 7.95. The van der Waals surface area contributed by atoms with Crippen LogP contribution in [0.2, 0.25) is 0 Å². The van der Waals surface area contributed by atoms with E-state index in [9.17, 15) is 0 Å². The maximum absolute atomic E-state index is 4.97. The van der Waals surface area contributed by atoms with Crippen LogP contribution in [0, 0.1) is 0 Å². The summed E-state index contributed by atoms with van der Waals surface area (Å²) in [5, 5.41) is 0. The highest BCUT2D eigenvalue weighted by molar-refractivity contribution is 5.28. The van der Waals surface area contributed by atoms with Crippen LogP contribution in [0.1, 0.15) is 73.5 Å². The van der Waals surface area contributed by atoms with Crippen molar-refractivity contribution in [3.05, 3.63) is 95.1 Å². The molecule has 0 amide bonds. The van der Waals surface area contributed by atoms with Gasteiger partial charge in [-0.05, 0) is 59.6 Å². The zero-order valence-corrected chi connectivity index (χ0v) is 16.9. The highest BCUT2D eigenvalue weighted by Crippen LogP contribution is 2.24. The molecule has 2 nitrogen and oxygen atoms in total. The van der Waals surface area contributed by atoms with Gasteiger partial charge >= 0.3 is 0 Å². The molecule has 0 aliphatic carbocycles. The van der Waals surface area contributed by atoms with Crippen LogP contribution in [0.3, 0.4) is 0 Å². The molecule has 2 heterocycles. The first kappa shape index (κ1) is 19.3. The zero-order valence-electron chi connectivity index (χ0n) is 16.9. The minimum Gasteiger partial charge on any atom is -0.264 e. The fourth-order valence-electron chi connectivity index (χ4n) is 3.52. The van der Waals surface area contributed by atoms with E-state index in [1.54, 1.807) is 0 Å². The molecule has 27 heavy (non-hydrogen) atoms. The Hall–Kier alpha value is -2.48. The molecule has 0 aliphatic rings. The van der Waals surface area contributed by atoms with Gasteiger partial charge in [0.25, 0.3) is 0 Å². The SMILES string of the molecule is CC(C)c1cccc(CC(C)c2cccc(CC(C)c3cccnc3)n2)c1. The summed E-state index contributed by atoms with van der Waals surface area (Å²) < 4.78 is 0. The van der Waals surface area contributed by atoms with Crippen molar-refractivity contribution in [3.8, 4) is 0 Å². The molecule has 3 aromatic rings. The van der Waals surface area contributed by atoms with Crippen LogP contribution in [0.15, 0.2) is 67.0 Å². The van der Waals surface area contributed by atoms with E-state index in [0.717, 1.165) is 18.5 Å². The van der Waals surface area contributed by atoms with Gasteiger partial charge in [0, 0.05) is 29.7 Å². The van der Waals surface area contributed by atoms with E-state index < -0.39 is 0 Å². The Morgan fingerprint density at radius 1 is 0.778 bits per heavy atom. The molecule has 2 unspecified atom stereocenters. The van der Waals surface area contributed by atoms with Crippen LogP contribution >= 0.6 is 0 Å². The Morgan fingerprint density at radius 3 is 2.30 bits per heavy atom. The molecule has 140 valence electrons. The maximum atomic E-state index is 4.97. The molecule has 1 aromatic carbocycles. The lowest BCUT2D eigenvalue weighted by molar-refractivity contribution is 0.696. The topological polar surface area (TPSA) is 25.8 Å². The number of benzene rings is 1. The maximum Gasteiger partial charge on any atom is 0.0438 e. The van der Waals surface area contributed by atoms with E-state index in [-0.39, 0.29) is 0 Å². The molecule has 0 spiro atoms. The number of pyridine rings is 2. The summed E-state index contributed by atoms with van der Waals surface area (Å²) in [5.41, 5.74) is 6.41. The smallest absolute Gasteiger partial charge is 0.0438 e. The van der Waals surface area contributed by atoms with E-state index in [4.69, 9.17) is 4.98 Å². The van der Waals surface area contributed by atoms with Gasteiger partial charge in [-0.25, -0.2) is 0 Å². The van der Waals surface area contributed by atoms with Crippen molar-refractivity contribution in [2.75, 3.05) is 0 Å². The molecule has 2 atom stereocenters. The second-order valence-electron chi connectivity index (χ2n) is 7.95. The molecule has 2 heteroatoms. The van der Waals surface area contributed by atoms with Crippen molar-refractivity contribution in [1.82, 2.24) is 9.97 Å². The van der Waals surface area contributed by atoms with Crippen molar-refractivity contribution in [2.45, 2.75) is 58.3 Å². The predicted octanol–water partition coefficient (Wildman–Crippen LogP) is 6.29. The fourth-order valence-corrected chi connectivity index (χ4v) is 3.52. The van der Waals surface area contributed by atoms with Gasteiger partial charge in [-0.3, -0.25) is 9.97 Å². The molecule has 3 rings (SSSR count). The Kier molecular flexibility index (Phi) is 6.39. The Balaban J connectivity index is 1.70. The number of nitrogens with zero attached hydrogens (tertiary/aromatic N) is 2. The van der Waals surface area contributed by atoms with Crippen LogP contribution < -0.4 is 0 Å². The average molecular weight is 359 g/mol. The molecule has 0 fully saturated rings. The molecule has 0 N–H and O–H groups in total. The van der Waals surface area contributed by atoms with Crippen LogP contribution in [-0.4, -0.2) is 9.97 Å². The number of rotatable bonds is 7. The Labute approximate surface area is 163 Å². The van der Waals surface area contributed by atoms with E-state index in [1.165, 1.54) is 22.4 Å². The number of aromatic nitrogens is 2. The van der Waals surface area contributed by atoms with Crippen molar-refractivity contribution >= 4 is 0 Å². The summed E-state index contributed by atoms with van der Waals surface area (Å²) in [5.74, 6) is 1.39. The first-order chi connectivity index (χ1) is 13.0. The molecule has 0 bridgehead atoms. The molecule has 0 saturated carbocycles. The third-order valence-electron chi connectivity index (χ3n) is 5.26. The summed E-state index contributed by atoms with van der Waals surface area (Å²) in [6, 6.07) is 19.6. The van der Waals surface area contributed by atoms with Crippen molar-refractivity contribution in [1.29, 1.82) is 0 Å². The largest absolute Gasteiger partial charge is 0.264 e. The van der Waals surface area contributed by atoms with Gasteiger partial charge in [0.05, 0.1) is 0 Å². The van der Waals surface area contributed by atoms with Gasteiger partial charge in [-0.15, -0.1) is 0 Å². The number of hydrogen-bond donors (Lipinski definition) is 0. The van der Waals surface area contributed by atoms with Crippen LogP contribution in [-0.2, 0) is 12.8 Å². The molecule has 0 radical (unpaired) electrons. The van der Waals surface area contributed by atoms with E-state index in [0.29, 0.717) is 17.8 Å². The van der Waals surface area contributed by atoms with Gasteiger partial charge < -0.3 is 0 Å². The van der Waals surface area contributed by atoms with Gasteiger partial charge in [-0.2, -0.15) is 0 Å². The van der Waals surface area contributed by atoms with Crippen molar-refractivity contribution in [3.63, 3.8) is 0 Å². The Bertz CT molecular complexity index is 855. The second kappa shape index (κ2) is 8.94. The molecule has 0 aliphatic heterocycles. The number of hydrogen-bond acceptors (Lipinski definition) is 2. The molecule has 0 saturated heterocycles. The van der Waals surface area contributed by atoms with E-state index >= 15 is 0 Å². The monoisotopic (exact) mass is 358 g/mol. The van der Waals surface area contributed by atoms with Gasteiger partial charge in [0.1, 0.15) is 0 Å². The lowest BCUT2D eigenvalue weighted by Crippen LogP contribution is -2.06. The van der Waals surface area contributed by atoms with Crippen LogP contribution in [0.5, 0.6) is 0 Å². The van der Waals surface area contributed by atoms with E-state index in [1.807, 2.05) is 18.5 Å². The summed E-state index contributed by atoms with van der Waals surface area (Å²) >= 11 is 0. The quantitative estimate of drug-likeness (QED) is 0.496. The first-order valence-corrected chi connectivity index (χ1v) is 9.97. The van der Waals surface area contributed by atoms with Gasteiger partial charge in [0.2, 0.25) is 0 Å². The third-order valence-corrected chi connectivity index (χ3v) is 5.26. The minimum atomic E-state index is 0.404. The fraction of sp³-hybridized carbons (Fsp3) is 0.360. The predicted molar refractivity (Wildman–Crippen MR) is 113 cm³/mol. The highest BCUT2D eigenvalue weighted by atomic mass is 14.7. The van der Waals surface area contributed by atoms with Crippen molar-refractivity contribution in [2.24, 2.45) is 0 Å². The zero-order chi connectivity index (χ0) is 19.2. The lowest BCUT2D eigenvalue weighted by Gasteiger charge is -2.15. The standard InChI is InChI=1S/C25H30N2/c1-18(2)22-9-5-8-21(16-22)14-20(4)25-12-6-11-24(27-25)15-19(3)23-10-7-13-26-17-23/h5-13,16-20H,14-15H2,1-4H3. The third kappa shape index (κ3) is 5.26. The van der Waals surface area contributed by atoms with Crippen LogP contribution in [0.4, 0.5) is 0 Å². The summed E-state index contributed by atoms with van der Waals surface area (Å²) in [6.45, 7) is 9.01. The normalized spacial score (nSPS) is 13.5. The molecular formula is C25H30N2. The summed E-state index contributed by atoms with van der Waals surface area (Å²) in [4.78, 5) is 9.21. The Morgan fingerprint density at radius 2 is 1.56 bits per heavy atom. The van der Waals surface area contributed by atoms with E-state index in [2.05, 4.69) is 81.2 Å². The molecule has 2 aromatic heterocycles. The average Bonchev–Trinajstić information content (AvgIpc) is 2.69. The summed E-state index contributed by atoms with van der Waals surface area (Å²) in [7, 11) is 0. The van der Waals surface area contributed by atoms with Gasteiger partial charge in [0.15, 0.2) is 0 Å².